The number of nitrogens with zero attached hydrogens (tertiary/aromatic N) is 1. The fraction of sp³-hybridized carbons (Fsp3) is 0.381. The van der Waals surface area contributed by atoms with Crippen molar-refractivity contribution in [2.75, 3.05) is 16.6 Å². The van der Waals surface area contributed by atoms with Gasteiger partial charge in [-0.05, 0) is 53.8 Å². The second-order valence-electron chi connectivity index (χ2n) is 8.11. The number of hydrogen-bond donors (Lipinski definition) is 1. The maximum atomic E-state index is 13.3. The Morgan fingerprint density at radius 2 is 1.68 bits per heavy atom. The standard InChI is InChI=1S/C21H25FN2O3S/c1-21(2,3)19(15-5-9-17(22)10-6-15)23-20(25)16-7-11-18(12-8-16)24-13-4-14-28(24,26)27/h5-12,19H,4,13-14H2,1-3H3,(H,23,25). The van der Waals surface area contributed by atoms with Crippen molar-refractivity contribution in [2.24, 2.45) is 5.41 Å². The molecule has 3 rings (SSSR count). The highest BCUT2D eigenvalue weighted by Gasteiger charge is 2.30. The minimum Gasteiger partial charge on any atom is -0.345 e. The zero-order valence-corrected chi connectivity index (χ0v) is 17.1. The summed E-state index contributed by atoms with van der Waals surface area (Å²) >= 11 is 0. The number of carbonyl (C=O) groups excluding carboxylic acids is 1. The summed E-state index contributed by atoms with van der Waals surface area (Å²) in [6, 6.07) is 12.4. The predicted octanol–water partition coefficient (Wildman–Crippen LogP) is 3.88. The van der Waals surface area contributed by atoms with Gasteiger partial charge >= 0.3 is 0 Å². The van der Waals surface area contributed by atoms with Crippen LogP contribution in [0.3, 0.4) is 0 Å². The van der Waals surface area contributed by atoms with Crippen molar-refractivity contribution in [2.45, 2.75) is 33.2 Å². The van der Waals surface area contributed by atoms with E-state index in [-0.39, 0.29) is 28.9 Å². The fourth-order valence-electron chi connectivity index (χ4n) is 3.38. The van der Waals surface area contributed by atoms with E-state index >= 15 is 0 Å². The first-order valence-corrected chi connectivity index (χ1v) is 10.9. The summed E-state index contributed by atoms with van der Waals surface area (Å²) in [7, 11) is -3.25. The molecular formula is C21H25FN2O3S. The number of benzene rings is 2. The Bertz CT molecular complexity index is 949. The SMILES string of the molecule is CC(C)(C)C(NC(=O)c1ccc(N2CCCS2(=O)=O)cc1)c1ccc(F)cc1. The first kappa shape index (κ1) is 20.3. The fourth-order valence-corrected chi connectivity index (χ4v) is 4.94. The van der Waals surface area contributed by atoms with Gasteiger partial charge < -0.3 is 5.32 Å². The van der Waals surface area contributed by atoms with Crippen LogP contribution >= 0.6 is 0 Å². The van der Waals surface area contributed by atoms with Crippen molar-refractivity contribution in [3.8, 4) is 0 Å². The van der Waals surface area contributed by atoms with Gasteiger partial charge in [0.1, 0.15) is 5.82 Å². The van der Waals surface area contributed by atoms with Gasteiger partial charge in [-0.15, -0.1) is 0 Å². The second-order valence-corrected chi connectivity index (χ2v) is 10.1. The van der Waals surface area contributed by atoms with E-state index in [1.165, 1.54) is 16.4 Å². The van der Waals surface area contributed by atoms with Crippen molar-refractivity contribution in [1.82, 2.24) is 5.32 Å². The molecule has 0 spiro atoms. The lowest BCUT2D eigenvalue weighted by Gasteiger charge is -2.32. The quantitative estimate of drug-likeness (QED) is 0.841. The van der Waals surface area contributed by atoms with Crippen LogP contribution in [0.2, 0.25) is 0 Å². The van der Waals surface area contributed by atoms with E-state index in [0.717, 1.165) is 5.56 Å². The molecular weight excluding hydrogens is 379 g/mol. The Morgan fingerprint density at radius 1 is 1.07 bits per heavy atom. The first-order chi connectivity index (χ1) is 13.1. The van der Waals surface area contributed by atoms with Crippen LogP contribution in [0.5, 0.6) is 0 Å². The molecule has 0 saturated carbocycles. The first-order valence-electron chi connectivity index (χ1n) is 9.25. The topological polar surface area (TPSA) is 66.5 Å². The molecule has 1 unspecified atom stereocenters. The third-order valence-corrected chi connectivity index (χ3v) is 6.73. The van der Waals surface area contributed by atoms with E-state index in [9.17, 15) is 17.6 Å². The molecule has 0 radical (unpaired) electrons. The molecule has 7 heteroatoms. The van der Waals surface area contributed by atoms with E-state index in [1.807, 2.05) is 20.8 Å². The minimum absolute atomic E-state index is 0.153. The number of amides is 1. The van der Waals surface area contributed by atoms with Gasteiger partial charge in [-0.2, -0.15) is 0 Å². The summed E-state index contributed by atoms with van der Waals surface area (Å²) in [5.41, 5.74) is 1.55. The summed E-state index contributed by atoms with van der Waals surface area (Å²) in [5, 5.41) is 3.02. The van der Waals surface area contributed by atoms with Crippen LogP contribution in [-0.4, -0.2) is 26.6 Å². The molecule has 5 nitrogen and oxygen atoms in total. The Hall–Kier alpha value is -2.41. The highest BCUT2D eigenvalue weighted by atomic mass is 32.2. The summed E-state index contributed by atoms with van der Waals surface area (Å²) in [6.45, 7) is 6.47. The van der Waals surface area contributed by atoms with Gasteiger partial charge in [0.05, 0.1) is 17.5 Å². The van der Waals surface area contributed by atoms with Crippen molar-refractivity contribution in [3.63, 3.8) is 0 Å². The van der Waals surface area contributed by atoms with Gasteiger partial charge in [0, 0.05) is 12.1 Å². The minimum atomic E-state index is -3.25. The van der Waals surface area contributed by atoms with E-state index in [4.69, 9.17) is 0 Å². The van der Waals surface area contributed by atoms with E-state index in [2.05, 4.69) is 5.32 Å². The van der Waals surface area contributed by atoms with Crippen LogP contribution in [-0.2, 0) is 10.0 Å². The highest BCUT2D eigenvalue weighted by Crippen LogP contribution is 2.33. The average Bonchev–Trinajstić information content (AvgIpc) is 2.99. The molecule has 0 aromatic heterocycles. The van der Waals surface area contributed by atoms with E-state index < -0.39 is 10.0 Å². The van der Waals surface area contributed by atoms with Crippen LogP contribution in [0.25, 0.3) is 0 Å². The lowest BCUT2D eigenvalue weighted by molar-refractivity contribution is 0.0901. The lowest BCUT2D eigenvalue weighted by Crippen LogP contribution is -2.36. The van der Waals surface area contributed by atoms with Crippen LogP contribution in [0, 0.1) is 11.2 Å². The Morgan fingerprint density at radius 3 is 2.18 bits per heavy atom. The molecule has 1 saturated heterocycles. The maximum absolute atomic E-state index is 13.3. The summed E-state index contributed by atoms with van der Waals surface area (Å²) < 4.78 is 38.7. The molecule has 1 fully saturated rings. The van der Waals surface area contributed by atoms with Gasteiger partial charge in [-0.25, -0.2) is 12.8 Å². The van der Waals surface area contributed by atoms with Gasteiger partial charge in [-0.1, -0.05) is 32.9 Å². The molecule has 1 N–H and O–H groups in total. The molecule has 2 aromatic rings. The number of anilines is 1. The Balaban J connectivity index is 1.79. The normalized spacial score (nSPS) is 17.4. The van der Waals surface area contributed by atoms with Crippen LogP contribution in [0.1, 0.15) is 49.2 Å². The molecule has 28 heavy (non-hydrogen) atoms. The van der Waals surface area contributed by atoms with Crippen molar-refractivity contribution in [1.29, 1.82) is 0 Å². The van der Waals surface area contributed by atoms with E-state index in [1.54, 1.807) is 36.4 Å². The molecule has 1 atom stereocenters. The number of halogens is 1. The number of hydrogen-bond acceptors (Lipinski definition) is 3. The molecule has 1 amide bonds. The molecule has 2 aromatic carbocycles. The van der Waals surface area contributed by atoms with Gasteiger partial charge in [-0.3, -0.25) is 9.10 Å². The van der Waals surface area contributed by atoms with Crippen LogP contribution in [0.4, 0.5) is 10.1 Å². The average molecular weight is 405 g/mol. The summed E-state index contributed by atoms with van der Waals surface area (Å²) in [5.74, 6) is -0.435. The largest absolute Gasteiger partial charge is 0.345 e. The van der Waals surface area contributed by atoms with Gasteiger partial charge in [0.2, 0.25) is 10.0 Å². The molecule has 150 valence electrons. The molecule has 1 heterocycles. The highest BCUT2D eigenvalue weighted by molar-refractivity contribution is 7.93. The van der Waals surface area contributed by atoms with Crippen molar-refractivity contribution in [3.05, 3.63) is 65.5 Å². The predicted molar refractivity (Wildman–Crippen MR) is 108 cm³/mol. The summed E-state index contributed by atoms with van der Waals surface area (Å²) in [4.78, 5) is 12.8. The van der Waals surface area contributed by atoms with Gasteiger partial charge in [0.25, 0.3) is 5.91 Å². The molecule has 0 bridgehead atoms. The molecule has 1 aliphatic rings. The molecule has 0 aliphatic carbocycles. The number of rotatable bonds is 4. The summed E-state index contributed by atoms with van der Waals surface area (Å²) in [6.07, 6.45) is 0.607. The van der Waals surface area contributed by atoms with Gasteiger partial charge in [0.15, 0.2) is 0 Å². The number of carbonyl (C=O) groups is 1. The van der Waals surface area contributed by atoms with Crippen LogP contribution in [0.15, 0.2) is 48.5 Å². The number of sulfonamides is 1. The monoisotopic (exact) mass is 404 g/mol. The van der Waals surface area contributed by atoms with E-state index in [0.29, 0.717) is 24.2 Å². The lowest BCUT2D eigenvalue weighted by atomic mass is 9.82. The number of nitrogens with one attached hydrogen (secondary N) is 1. The molecule has 1 aliphatic heterocycles. The smallest absolute Gasteiger partial charge is 0.251 e. The Kier molecular flexibility index (Phi) is 5.48. The zero-order chi connectivity index (χ0) is 20.5. The second kappa shape index (κ2) is 7.54. The third-order valence-electron chi connectivity index (χ3n) is 4.86. The van der Waals surface area contributed by atoms with Crippen LogP contribution < -0.4 is 9.62 Å². The van der Waals surface area contributed by atoms with Crippen molar-refractivity contribution >= 4 is 21.6 Å². The maximum Gasteiger partial charge on any atom is 0.251 e. The van der Waals surface area contributed by atoms with Crippen molar-refractivity contribution < 1.29 is 17.6 Å². The Labute approximate surface area is 165 Å². The zero-order valence-electron chi connectivity index (χ0n) is 16.3. The third kappa shape index (κ3) is 4.35.